The molecule has 0 fully saturated rings. The second-order valence-electron chi connectivity index (χ2n) is 10.8. The summed E-state index contributed by atoms with van der Waals surface area (Å²) in [7, 11) is 0. The van der Waals surface area contributed by atoms with E-state index in [4.69, 9.17) is 0 Å². The van der Waals surface area contributed by atoms with Crippen LogP contribution in [-0.4, -0.2) is 20.4 Å². The average molecular weight is 413 g/mol. The Morgan fingerprint density at radius 3 is 0.867 bits per heavy atom. The molecule has 4 nitrogen and oxygen atoms in total. The minimum atomic E-state index is -1.14. The van der Waals surface area contributed by atoms with E-state index in [-0.39, 0.29) is 10.8 Å². The second-order valence-corrected chi connectivity index (χ2v) is 10.8. The zero-order valence-corrected chi connectivity index (χ0v) is 19.4. The average Bonchev–Trinajstić information content (AvgIpc) is 2.63. The van der Waals surface area contributed by atoms with Crippen molar-refractivity contribution in [3.05, 3.63) is 68.8 Å². The molecular weight excluding hydrogens is 376 g/mol. The first-order valence-electron chi connectivity index (χ1n) is 10.7. The smallest absolute Gasteiger partial charge is 0.109 e. The van der Waals surface area contributed by atoms with Gasteiger partial charge in [-0.3, -0.25) is 0 Å². The van der Waals surface area contributed by atoms with Gasteiger partial charge in [0, 0.05) is 0 Å². The normalized spacial score (nSPS) is 24.7. The van der Waals surface area contributed by atoms with Gasteiger partial charge in [-0.15, -0.1) is 0 Å². The summed E-state index contributed by atoms with van der Waals surface area (Å²) in [4.78, 5) is 0. The molecule has 4 heteroatoms. The van der Waals surface area contributed by atoms with E-state index in [1.807, 2.05) is 38.1 Å². The number of rotatable bonds is 0. The summed E-state index contributed by atoms with van der Waals surface area (Å²) in [5, 5.41) is 44.9. The van der Waals surface area contributed by atoms with E-state index in [0.29, 0.717) is 33.4 Å². The van der Waals surface area contributed by atoms with Crippen LogP contribution in [0, 0.1) is 13.8 Å². The van der Waals surface area contributed by atoms with E-state index in [9.17, 15) is 20.4 Å². The lowest BCUT2D eigenvalue weighted by Crippen LogP contribution is -2.24. The molecule has 0 saturated carbocycles. The largest absolute Gasteiger partial charge is 0.385 e. The summed E-state index contributed by atoms with van der Waals surface area (Å²) in [5.74, 6) is 0. The van der Waals surface area contributed by atoms with Gasteiger partial charge < -0.3 is 20.4 Å². The van der Waals surface area contributed by atoms with E-state index in [1.54, 1.807) is 0 Å². The fourth-order valence-corrected chi connectivity index (χ4v) is 4.29. The van der Waals surface area contributed by atoms with Crippen LogP contribution in [0.2, 0.25) is 0 Å². The van der Waals surface area contributed by atoms with Crippen LogP contribution in [0.3, 0.4) is 0 Å². The SMILES string of the molecule is Cc1c2cc(C(C)(C)C)cc1[C@H](O)[C@@H](O)c1cc(C(C)(C)C)cc(c1C)[C@@H](O)[C@@H]2O. The Balaban J connectivity index is 2.37. The topological polar surface area (TPSA) is 80.9 Å². The van der Waals surface area contributed by atoms with E-state index in [0.717, 1.165) is 11.1 Å². The van der Waals surface area contributed by atoms with E-state index >= 15 is 0 Å². The summed E-state index contributed by atoms with van der Waals surface area (Å²) < 4.78 is 0. The Hall–Kier alpha value is -1.72. The van der Waals surface area contributed by atoms with Gasteiger partial charge in [0.15, 0.2) is 0 Å². The van der Waals surface area contributed by atoms with Gasteiger partial charge >= 0.3 is 0 Å². The van der Waals surface area contributed by atoms with Gasteiger partial charge in [0.05, 0.1) is 0 Å². The molecule has 164 valence electrons. The van der Waals surface area contributed by atoms with Crippen LogP contribution in [-0.2, 0) is 10.8 Å². The molecule has 0 heterocycles. The minimum absolute atomic E-state index is 0.222. The van der Waals surface area contributed by atoms with Gasteiger partial charge in [-0.25, -0.2) is 0 Å². The third-order valence-electron chi connectivity index (χ3n) is 6.58. The molecule has 0 amide bonds. The summed E-state index contributed by atoms with van der Waals surface area (Å²) in [6, 6.07) is 7.66. The van der Waals surface area contributed by atoms with Gasteiger partial charge in [-0.05, 0) is 69.2 Å². The Morgan fingerprint density at radius 2 is 0.700 bits per heavy atom. The zero-order chi connectivity index (χ0) is 22.8. The molecule has 2 aromatic carbocycles. The first-order chi connectivity index (χ1) is 13.6. The lowest BCUT2D eigenvalue weighted by molar-refractivity contribution is 0.00704. The first kappa shape index (κ1) is 23.0. The van der Waals surface area contributed by atoms with Gasteiger partial charge in [-0.2, -0.15) is 0 Å². The highest BCUT2D eigenvalue weighted by molar-refractivity contribution is 5.49. The summed E-state index contributed by atoms with van der Waals surface area (Å²) >= 11 is 0. The molecule has 2 aromatic rings. The molecular formula is C26H36O4. The van der Waals surface area contributed by atoms with E-state index < -0.39 is 24.4 Å². The maximum Gasteiger partial charge on any atom is 0.109 e. The van der Waals surface area contributed by atoms with Crippen molar-refractivity contribution in [2.24, 2.45) is 0 Å². The summed E-state index contributed by atoms with van der Waals surface area (Å²) in [5.41, 5.74) is 5.15. The van der Waals surface area contributed by atoms with Gasteiger partial charge in [-0.1, -0.05) is 65.8 Å². The highest BCUT2D eigenvalue weighted by Crippen LogP contribution is 2.44. The first-order valence-corrected chi connectivity index (χ1v) is 10.7. The monoisotopic (exact) mass is 412 g/mol. The standard InChI is InChI=1S/C26H36O4/c1-13-17-9-15(25(3,4)5)10-18(13)22(28)24(30)20-12-16(26(6,7)8)11-19(14(20)2)23(29)21(17)27/h9-12,21-24,27-30H,1-8H3/t21-,22+,23-,24+. The number of benzene rings is 2. The number of hydrogen-bond donors (Lipinski definition) is 4. The van der Waals surface area contributed by atoms with Crippen molar-refractivity contribution in [2.45, 2.75) is 90.6 Å². The lowest BCUT2D eigenvalue weighted by atomic mass is 9.76. The maximum atomic E-state index is 11.2. The highest BCUT2D eigenvalue weighted by Gasteiger charge is 2.34. The fraction of sp³-hybridized carbons (Fsp3) is 0.538. The van der Waals surface area contributed by atoms with Crippen LogP contribution in [0.25, 0.3) is 0 Å². The van der Waals surface area contributed by atoms with E-state index in [1.165, 1.54) is 0 Å². The van der Waals surface area contributed by atoms with Gasteiger partial charge in [0.1, 0.15) is 24.4 Å². The second kappa shape index (κ2) is 7.45. The molecule has 1 aliphatic carbocycles. The molecule has 0 radical (unpaired) electrons. The Labute approximate surface area is 180 Å². The van der Waals surface area contributed by atoms with Gasteiger partial charge in [0.2, 0.25) is 0 Å². The molecule has 0 aliphatic heterocycles. The molecule has 4 atom stereocenters. The van der Waals surface area contributed by atoms with Crippen molar-refractivity contribution >= 4 is 0 Å². The zero-order valence-electron chi connectivity index (χ0n) is 19.4. The molecule has 4 N–H and O–H groups in total. The molecule has 1 aliphatic rings. The van der Waals surface area contributed by atoms with Gasteiger partial charge in [0.25, 0.3) is 0 Å². The van der Waals surface area contributed by atoms with Crippen molar-refractivity contribution in [1.82, 2.24) is 0 Å². The highest BCUT2D eigenvalue weighted by atomic mass is 16.3. The third kappa shape index (κ3) is 3.82. The van der Waals surface area contributed by atoms with Crippen LogP contribution >= 0.6 is 0 Å². The molecule has 0 aromatic heterocycles. The summed E-state index contributed by atoms with van der Waals surface area (Å²) in [6.07, 6.45) is -4.57. The molecule has 0 unspecified atom stereocenters. The van der Waals surface area contributed by atoms with Crippen molar-refractivity contribution in [2.75, 3.05) is 0 Å². The van der Waals surface area contributed by atoms with E-state index in [2.05, 4.69) is 41.5 Å². The molecule has 4 bridgehead atoms. The van der Waals surface area contributed by atoms with Crippen molar-refractivity contribution in [3.8, 4) is 0 Å². The molecule has 30 heavy (non-hydrogen) atoms. The minimum Gasteiger partial charge on any atom is -0.385 e. The number of aliphatic hydroxyl groups excluding tert-OH is 4. The van der Waals surface area contributed by atoms with Crippen molar-refractivity contribution < 1.29 is 20.4 Å². The Kier molecular flexibility index (Phi) is 5.70. The molecule has 3 rings (SSSR count). The van der Waals surface area contributed by atoms with Crippen molar-refractivity contribution in [3.63, 3.8) is 0 Å². The Morgan fingerprint density at radius 1 is 0.500 bits per heavy atom. The van der Waals surface area contributed by atoms with Crippen LogP contribution in [0.5, 0.6) is 0 Å². The summed E-state index contributed by atoms with van der Waals surface area (Å²) in [6.45, 7) is 16.0. The van der Waals surface area contributed by atoms with Crippen LogP contribution in [0.1, 0.15) is 110 Å². The van der Waals surface area contributed by atoms with Crippen molar-refractivity contribution in [1.29, 1.82) is 0 Å². The Bertz CT molecular complexity index is 824. The molecule has 0 spiro atoms. The quantitative estimate of drug-likeness (QED) is 0.504. The van der Waals surface area contributed by atoms with Crippen LogP contribution in [0.4, 0.5) is 0 Å². The third-order valence-corrected chi connectivity index (χ3v) is 6.58. The number of fused-ring (bicyclic) bond motifs is 4. The number of hydrogen-bond acceptors (Lipinski definition) is 4. The molecule has 0 saturated heterocycles. The number of aliphatic hydroxyl groups is 4. The fourth-order valence-electron chi connectivity index (χ4n) is 4.29. The van der Waals surface area contributed by atoms with Crippen LogP contribution < -0.4 is 0 Å². The predicted molar refractivity (Wildman–Crippen MR) is 120 cm³/mol. The maximum absolute atomic E-state index is 11.2. The lowest BCUT2D eigenvalue weighted by Gasteiger charge is -2.33. The predicted octanol–water partition coefficient (Wildman–Crippen LogP) is 4.75. The van der Waals surface area contributed by atoms with Crippen LogP contribution in [0.15, 0.2) is 24.3 Å².